The molecule has 0 aliphatic carbocycles. The van der Waals surface area contributed by atoms with E-state index in [1.165, 1.54) is 0 Å². The molecular formula is C14H27N5OS. The maximum Gasteiger partial charge on any atom is 0.323 e. The van der Waals surface area contributed by atoms with Crippen molar-refractivity contribution in [3.63, 3.8) is 0 Å². The van der Waals surface area contributed by atoms with Crippen molar-refractivity contribution in [3.05, 3.63) is 0 Å². The van der Waals surface area contributed by atoms with Gasteiger partial charge in [0.15, 0.2) is 0 Å². The van der Waals surface area contributed by atoms with Crippen LogP contribution in [0.1, 0.15) is 40.5 Å². The Morgan fingerprint density at radius 2 is 1.62 bits per heavy atom. The summed E-state index contributed by atoms with van der Waals surface area (Å²) in [7, 11) is 0. The van der Waals surface area contributed by atoms with Gasteiger partial charge in [-0.25, -0.2) is 0 Å². The molecule has 6 nitrogen and oxygen atoms in total. The van der Waals surface area contributed by atoms with Gasteiger partial charge in [0.2, 0.25) is 11.9 Å². The molecule has 1 heterocycles. The lowest BCUT2D eigenvalue weighted by molar-refractivity contribution is 0.312. The highest BCUT2D eigenvalue weighted by molar-refractivity contribution is 8.00. The van der Waals surface area contributed by atoms with E-state index in [9.17, 15) is 0 Å². The van der Waals surface area contributed by atoms with E-state index in [-0.39, 0.29) is 4.75 Å². The molecule has 0 amide bonds. The van der Waals surface area contributed by atoms with Gasteiger partial charge in [-0.2, -0.15) is 26.7 Å². The van der Waals surface area contributed by atoms with Gasteiger partial charge in [0.1, 0.15) is 0 Å². The van der Waals surface area contributed by atoms with Crippen molar-refractivity contribution >= 4 is 23.7 Å². The highest BCUT2D eigenvalue weighted by Crippen LogP contribution is 2.30. The van der Waals surface area contributed by atoms with E-state index in [0.29, 0.717) is 24.5 Å². The lowest BCUT2D eigenvalue weighted by Crippen LogP contribution is -2.32. The standard InChI is InChI=1S/C14H27N5OS/c1-6-14(7-2,21-5)10-16-12-17-11(15-8-3)18-13(19-12)20-9-4/h6-10H2,1-5H3,(H2,15,16,17,18,19). The Morgan fingerprint density at radius 3 is 2.10 bits per heavy atom. The predicted octanol–water partition coefficient (Wildman–Crippen LogP) is 3.04. The lowest BCUT2D eigenvalue weighted by atomic mass is 10.0. The number of nitrogens with zero attached hydrogens (tertiary/aromatic N) is 3. The van der Waals surface area contributed by atoms with Gasteiger partial charge < -0.3 is 15.4 Å². The van der Waals surface area contributed by atoms with Gasteiger partial charge in [-0.05, 0) is 32.9 Å². The van der Waals surface area contributed by atoms with Crippen LogP contribution in [-0.4, -0.2) is 45.7 Å². The molecule has 0 aliphatic heterocycles. The summed E-state index contributed by atoms with van der Waals surface area (Å²) in [6.07, 6.45) is 4.35. The Bertz CT molecular complexity index is 393. The molecule has 0 radical (unpaired) electrons. The summed E-state index contributed by atoms with van der Waals surface area (Å²) in [5.41, 5.74) is 0. The highest BCUT2D eigenvalue weighted by atomic mass is 32.2. The van der Waals surface area contributed by atoms with Crippen LogP contribution >= 0.6 is 11.8 Å². The fourth-order valence-electron chi connectivity index (χ4n) is 1.97. The van der Waals surface area contributed by atoms with Crippen LogP contribution in [-0.2, 0) is 0 Å². The second-order valence-corrected chi connectivity index (χ2v) is 5.95. The van der Waals surface area contributed by atoms with E-state index in [1.54, 1.807) is 0 Å². The van der Waals surface area contributed by atoms with Gasteiger partial charge >= 0.3 is 6.01 Å². The molecule has 2 N–H and O–H groups in total. The maximum atomic E-state index is 5.40. The summed E-state index contributed by atoms with van der Waals surface area (Å²) >= 11 is 1.88. The molecule has 0 atom stereocenters. The number of nitrogens with one attached hydrogen (secondary N) is 2. The minimum absolute atomic E-state index is 0.205. The monoisotopic (exact) mass is 313 g/mol. The summed E-state index contributed by atoms with van der Waals surface area (Å²) in [6, 6.07) is 0.355. The average Bonchev–Trinajstić information content (AvgIpc) is 2.50. The van der Waals surface area contributed by atoms with Crippen LogP contribution in [0.3, 0.4) is 0 Å². The molecule has 1 aromatic heterocycles. The third-order valence-corrected chi connectivity index (χ3v) is 5.10. The largest absolute Gasteiger partial charge is 0.464 e. The van der Waals surface area contributed by atoms with Crippen molar-refractivity contribution in [1.29, 1.82) is 0 Å². The van der Waals surface area contributed by atoms with Crippen LogP contribution in [0.25, 0.3) is 0 Å². The van der Waals surface area contributed by atoms with Crippen molar-refractivity contribution in [3.8, 4) is 6.01 Å². The van der Waals surface area contributed by atoms with Crippen molar-refractivity contribution < 1.29 is 4.74 Å². The first-order valence-electron chi connectivity index (χ1n) is 7.54. The Hall–Kier alpha value is -1.24. The molecule has 0 aromatic carbocycles. The van der Waals surface area contributed by atoms with Gasteiger partial charge in [0, 0.05) is 17.8 Å². The van der Waals surface area contributed by atoms with E-state index in [2.05, 4.69) is 45.7 Å². The minimum atomic E-state index is 0.205. The topological polar surface area (TPSA) is 72.0 Å². The number of hydrogen-bond acceptors (Lipinski definition) is 7. The molecular weight excluding hydrogens is 286 g/mol. The number of aromatic nitrogens is 3. The Labute approximate surface area is 131 Å². The van der Waals surface area contributed by atoms with Crippen LogP contribution < -0.4 is 15.4 Å². The Morgan fingerprint density at radius 1 is 1.00 bits per heavy atom. The van der Waals surface area contributed by atoms with Crippen molar-refractivity contribution in [2.75, 3.05) is 36.6 Å². The van der Waals surface area contributed by atoms with Gasteiger partial charge in [-0.1, -0.05) is 13.8 Å². The average molecular weight is 313 g/mol. The molecule has 120 valence electrons. The van der Waals surface area contributed by atoms with E-state index in [0.717, 1.165) is 25.9 Å². The van der Waals surface area contributed by atoms with Gasteiger partial charge in [0.05, 0.1) is 6.61 Å². The normalized spacial score (nSPS) is 11.3. The third-order valence-electron chi connectivity index (χ3n) is 3.51. The summed E-state index contributed by atoms with van der Waals surface area (Å²) < 4.78 is 5.60. The second-order valence-electron chi connectivity index (χ2n) is 4.68. The zero-order valence-electron chi connectivity index (χ0n) is 13.7. The van der Waals surface area contributed by atoms with Crippen LogP contribution in [0, 0.1) is 0 Å². The number of ether oxygens (including phenoxy) is 1. The molecule has 0 spiro atoms. The first-order chi connectivity index (χ1) is 10.1. The van der Waals surface area contributed by atoms with E-state index >= 15 is 0 Å². The number of anilines is 2. The van der Waals surface area contributed by atoms with Crippen molar-refractivity contribution in [2.45, 2.75) is 45.3 Å². The number of thioether (sulfide) groups is 1. The Kier molecular flexibility index (Phi) is 7.56. The van der Waals surface area contributed by atoms with Crippen LogP contribution in [0.4, 0.5) is 11.9 Å². The lowest BCUT2D eigenvalue weighted by Gasteiger charge is -2.29. The summed E-state index contributed by atoms with van der Waals surface area (Å²) in [5.74, 6) is 1.10. The molecule has 0 bridgehead atoms. The SMILES string of the molecule is CCNc1nc(NCC(CC)(CC)SC)nc(OCC)n1. The van der Waals surface area contributed by atoms with E-state index in [1.807, 2.05) is 25.6 Å². The zero-order valence-corrected chi connectivity index (χ0v) is 14.5. The molecule has 0 unspecified atom stereocenters. The first-order valence-corrected chi connectivity index (χ1v) is 8.77. The molecule has 1 aromatic rings. The maximum absolute atomic E-state index is 5.40. The summed E-state index contributed by atoms with van der Waals surface area (Å²) in [5, 5.41) is 6.43. The van der Waals surface area contributed by atoms with Gasteiger partial charge in [-0.3, -0.25) is 0 Å². The predicted molar refractivity (Wildman–Crippen MR) is 90.5 cm³/mol. The smallest absolute Gasteiger partial charge is 0.323 e. The fourth-order valence-corrected chi connectivity index (χ4v) is 2.76. The molecule has 0 fully saturated rings. The van der Waals surface area contributed by atoms with Crippen LogP contribution in [0.15, 0.2) is 0 Å². The third kappa shape index (κ3) is 5.22. The van der Waals surface area contributed by atoms with Gasteiger partial charge in [0.25, 0.3) is 0 Å². The quantitative estimate of drug-likeness (QED) is 0.688. The van der Waals surface area contributed by atoms with Crippen molar-refractivity contribution in [2.24, 2.45) is 0 Å². The second kappa shape index (κ2) is 8.92. The first kappa shape index (κ1) is 17.8. The van der Waals surface area contributed by atoms with Crippen LogP contribution in [0.2, 0.25) is 0 Å². The van der Waals surface area contributed by atoms with E-state index in [4.69, 9.17) is 4.74 Å². The minimum Gasteiger partial charge on any atom is -0.464 e. The molecule has 0 saturated heterocycles. The van der Waals surface area contributed by atoms with Crippen molar-refractivity contribution in [1.82, 2.24) is 15.0 Å². The number of hydrogen-bond donors (Lipinski definition) is 2. The molecule has 21 heavy (non-hydrogen) atoms. The molecule has 1 rings (SSSR count). The number of rotatable bonds is 10. The fraction of sp³-hybridized carbons (Fsp3) is 0.786. The Balaban J connectivity index is 2.85. The van der Waals surface area contributed by atoms with Gasteiger partial charge in [-0.15, -0.1) is 0 Å². The summed E-state index contributed by atoms with van der Waals surface area (Å²) in [6.45, 7) is 10.5. The molecule has 7 heteroatoms. The van der Waals surface area contributed by atoms with Crippen LogP contribution in [0.5, 0.6) is 6.01 Å². The molecule has 0 aliphatic rings. The highest BCUT2D eigenvalue weighted by Gasteiger charge is 2.25. The molecule has 0 saturated carbocycles. The summed E-state index contributed by atoms with van der Waals surface area (Å²) in [4.78, 5) is 12.9. The zero-order chi connectivity index (χ0) is 15.7. The van der Waals surface area contributed by atoms with E-state index < -0.39 is 0 Å².